The van der Waals surface area contributed by atoms with Gasteiger partial charge in [0.25, 0.3) is 0 Å². The van der Waals surface area contributed by atoms with Crippen molar-refractivity contribution in [1.82, 2.24) is 9.97 Å². The van der Waals surface area contributed by atoms with E-state index in [1.807, 2.05) is 0 Å². The quantitative estimate of drug-likeness (QED) is 0.744. The highest BCUT2D eigenvalue weighted by Crippen LogP contribution is 2.30. The molecule has 0 radical (unpaired) electrons. The van der Waals surface area contributed by atoms with E-state index in [9.17, 15) is 9.90 Å². The van der Waals surface area contributed by atoms with Crippen molar-refractivity contribution in [3.05, 3.63) is 48.2 Å². The van der Waals surface area contributed by atoms with Gasteiger partial charge in [0, 0.05) is 18.0 Å². The van der Waals surface area contributed by atoms with E-state index >= 15 is 0 Å². The van der Waals surface area contributed by atoms with Crippen LogP contribution in [-0.2, 0) is 0 Å². The van der Waals surface area contributed by atoms with Crippen molar-refractivity contribution >= 4 is 28.4 Å². The summed E-state index contributed by atoms with van der Waals surface area (Å²) in [6, 6.07) is 10.5. The second-order valence-corrected chi connectivity index (χ2v) is 4.93. The third-order valence-corrected chi connectivity index (χ3v) is 3.49. The number of rotatable bonds is 5. The first-order valence-electron chi connectivity index (χ1n) is 7.10. The van der Waals surface area contributed by atoms with Crippen LogP contribution in [0.3, 0.4) is 0 Å². The summed E-state index contributed by atoms with van der Waals surface area (Å²) >= 11 is 0. The Kier molecular flexibility index (Phi) is 4.15. The van der Waals surface area contributed by atoms with E-state index in [4.69, 9.17) is 9.47 Å². The van der Waals surface area contributed by atoms with Crippen molar-refractivity contribution in [2.45, 2.75) is 0 Å². The molecule has 2 heterocycles. The number of anilines is 2. The summed E-state index contributed by atoms with van der Waals surface area (Å²) in [5, 5.41) is 12.6. The molecule has 3 rings (SSSR count). The first kappa shape index (κ1) is 15.5. The number of nitrogens with one attached hydrogen (secondary N) is 1. The molecular formula is C17H15N3O4. The summed E-state index contributed by atoms with van der Waals surface area (Å²) in [5.74, 6) is -0.00644. The molecule has 0 atom stereocenters. The number of carboxylic acid groups (broad SMARTS) is 1. The molecule has 0 unspecified atom stereocenters. The number of hydrogen-bond donors (Lipinski definition) is 2. The number of carboxylic acids is 1. The molecule has 122 valence electrons. The maximum absolute atomic E-state index is 11.6. The lowest BCUT2D eigenvalue weighted by atomic mass is 10.1. The van der Waals surface area contributed by atoms with Gasteiger partial charge < -0.3 is 19.9 Å². The molecule has 0 fully saturated rings. The summed E-state index contributed by atoms with van der Waals surface area (Å²) in [4.78, 5) is 20.0. The molecular weight excluding hydrogens is 310 g/mol. The fraction of sp³-hybridized carbons (Fsp3) is 0.118. The molecule has 3 aromatic rings. The van der Waals surface area contributed by atoms with Crippen molar-refractivity contribution < 1.29 is 19.4 Å². The number of aromatic nitrogens is 2. The van der Waals surface area contributed by atoms with Gasteiger partial charge in [0.1, 0.15) is 16.8 Å². The summed E-state index contributed by atoms with van der Waals surface area (Å²) in [6.45, 7) is 0. The lowest BCUT2D eigenvalue weighted by molar-refractivity contribution is 0.0697. The number of methoxy groups -OCH3 is 2. The van der Waals surface area contributed by atoms with Gasteiger partial charge in [-0.1, -0.05) is 0 Å². The number of fused-ring (bicyclic) bond motifs is 1. The van der Waals surface area contributed by atoms with Gasteiger partial charge in [-0.3, -0.25) is 4.98 Å². The van der Waals surface area contributed by atoms with Crippen LogP contribution >= 0.6 is 0 Å². The SMILES string of the molecule is COc1ccc(Nc2c(C(=O)O)cnc3ccc(OC)nc23)cc1. The Labute approximate surface area is 137 Å². The standard InChI is InChI=1S/C17H15N3O4/c1-23-11-5-3-10(4-6-11)19-15-12(17(21)22)9-18-13-7-8-14(24-2)20-16(13)15/h3-9H,1-2H3,(H,18,19)(H,21,22). The molecule has 0 aliphatic rings. The Balaban J connectivity index is 2.14. The Morgan fingerprint density at radius 1 is 1.08 bits per heavy atom. The molecule has 0 amide bonds. The van der Waals surface area contributed by atoms with Crippen LogP contribution in [0.2, 0.25) is 0 Å². The van der Waals surface area contributed by atoms with Crippen LogP contribution in [0.1, 0.15) is 10.4 Å². The Morgan fingerprint density at radius 2 is 1.83 bits per heavy atom. The molecule has 7 nitrogen and oxygen atoms in total. The molecule has 2 N–H and O–H groups in total. The average molecular weight is 325 g/mol. The molecule has 0 aliphatic carbocycles. The van der Waals surface area contributed by atoms with Gasteiger partial charge in [-0.25, -0.2) is 9.78 Å². The molecule has 0 aliphatic heterocycles. The molecule has 0 saturated heterocycles. The van der Waals surface area contributed by atoms with Gasteiger partial charge in [0.15, 0.2) is 0 Å². The first-order chi connectivity index (χ1) is 11.6. The largest absolute Gasteiger partial charge is 0.497 e. The predicted octanol–water partition coefficient (Wildman–Crippen LogP) is 3.09. The maximum atomic E-state index is 11.6. The molecule has 24 heavy (non-hydrogen) atoms. The van der Waals surface area contributed by atoms with Gasteiger partial charge in [0.05, 0.1) is 25.4 Å². The zero-order valence-corrected chi connectivity index (χ0v) is 13.1. The zero-order valence-electron chi connectivity index (χ0n) is 13.1. The number of pyridine rings is 2. The van der Waals surface area contributed by atoms with Crippen LogP contribution in [0.25, 0.3) is 11.0 Å². The summed E-state index contributed by atoms with van der Waals surface area (Å²) in [5.41, 5.74) is 2.08. The second-order valence-electron chi connectivity index (χ2n) is 4.93. The van der Waals surface area contributed by atoms with Gasteiger partial charge in [-0.2, -0.15) is 0 Å². The summed E-state index contributed by atoms with van der Waals surface area (Å²) < 4.78 is 10.2. The van der Waals surface area contributed by atoms with Gasteiger partial charge in [0.2, 0.25) is 5.88 Å². The van der Waals surface area contributed by atoms with Crippen LogP contribution in [0.4, 0.5) is 11.4 Å². The predicted molar refractivity (Wildman–Crippen MR) is 89.3 cm³/mol. The van der Waals surface area contributed by atoms with Crippen molar-refractivity contribution in [3.8, 4) is 11.6 Å². The zero-order chi connectivity index (χ0) is 17.1. The number of ether oxygens (including phenoxy) is 2. The van der Waals surface area contributed by atoms with Crippen molar-refractivity contribution in [2.75, 3.05) is 19.5 Å². The monoisotopic (exact) mass is 325 g/mol. The number of aromatic carboxylic acids is 1. The highest BCUT2D eigenvalue weighted by molar-refractivity contribution is 6.03. The Hall–Kier alpha value is -3.35. The first-order valence-corrected chi connectivity index (χ1v) is 7.10. The van der Waals surface area contributed by atoms with Crippen LogP contribution in [0, 0.1) is 0 Å². The third kappa shape index (κ3) is 2.91. The van der Waals surface area contributed by atoms with Crippen molar-refractivity contribution in [1.29, 1.82) is 0 Å². The van der Waals surface area contributed by atoms with Crippen molar-refractivity contribution in [3.63, 3.8) is 0 Å². The second kappa shape index (κ2) is 6.41. The topological polar surface area (TPSA) is 93.6 Å². The van der Waals surface area contributed by atoms with Crippen molar-refractivity contribution in [2.24, 2.45) is 0 Å². The fourth-order valence-corrected chi connectivity index (χ4v) is 2.27. The third-order valence-electron chi connectivity index (χ3n) is 3.49. The van der Waals surface area contributed by atoms with E-state index in [0.717, 1.165) is 0 Å². The van der Waals surface area contributed by atoms with Gasteiger partial charge in [-0.15, -0.1) is 0 Å². The number of hydrogen-bond acceptors (Lipinski definition) is 6. The highest BCUT2D eigenvalue weighted by Gasteiger charge is 2.16. The highest BCUT2D eigenvalue weighted by atomic mass is 16.5. The molecule has 2 aromatic heterocycles. The minimum absolute atomic E-state index is 0.0269. The van der Waals surface area contributed by atoms with E-state index in [1.54, 1.807) is 43.5 Å². The number of carbonyl (C=O) groups is 1. The van der Waals surface area contributed by atoms with Crippen LogP contribution in [-0.4, -0.2) is 35.3 Å². The summed E-state index contributed by atoms with van der Waals surface area (Å²) in [6.07, 6.45) is 1.31. The average Bonchev–Trinajstić information content (AvgIpc) is 2.62. The number of nitrogens with zero attached hydrogens (tertiary/aromatic N) is 2. The summed E-state index contributed by atoms with van der Waals surface area (Å²) in [7, 11) is 3.08. The van der Waals surface area contributed by atoms with E-state index in [-0.39, 0.29) is 5.56 Å². The normalized spacial score (nSPS) is 10.4. The van der Waals surface area contributed by atoms with Gasteiger partial charge >= 0.3 is 5.97 Å². The minimum Gasteiger partial charge on any atom is -0.497 e. The van der Waals surface area contributed by atoms with E-state index < -0.39 is 5.97 Å². The van der Waals surface area contributed by atoms with Crippen LogP contribution in [0.15, 0.2) is 42.6 Å². The molecule has 0 saturated carbocycles. The maximum Gasteiger partial charge on any atom is 0.339 e. The molecule has 0 bridgehead atoms. The van der Waals surface area contributed by atoms with Crippen LogP contribution < -0.4 is 14.8 Å². The lowest BCUT2D eigenvalue weighted by Gasteiger charge is -2.13. The smallest absolute Gasteiger partial charge is 0.339 e. The Morgan fingerprint density at radius 3 is 2.46 bits per heavy atom. The molecule has 7 heteroatoms. The van der Waals surface area contributed by atoms with E-state index in [1.165, 1.54) is 13.3 Å². The molecule has 1 aromatic carbocycles. The molecule has 0 spiro atoms. The van der Waals surface area contributed by atoms with Gasteiger partial charge in [-0.05, 0) is 30.3 Å². The Bertz CT molecular complexity index is 894. The minimum atomic E-state index is -1.09. The fourth-order valence-electron chi connectivity index (χ4n) is 2.27. The van der Waals surface area contributed by atoms with Crippen LogP contribution in [0.5, 0.6) is 11.6 Å². The van der Waals surface area contributed by atoms with E-state index in [0.29, 0.717) is 34.0 Å². The van der Waals surface area contributed by atoms with E-state index in [2.05, 4.69) is 15.3 Å². The lowest BCUT2D eigenvalue weighted by Crippen LogP contribution is -2.06. The number of benzene rings is 1.